The van der Waals surface area contributed by atoms with E-state index in [0.29, 0.717) is 42.8 Å². The zero-order valence-electron chi connectivity index (χ0n) is 18.7. The summed E-state index contributed by atoms with van der Waals surface area (Å²) in [6.07, 6.45) is 3.00. The van der Waals surface area contributed by atoms with Gasteiger partial charge < -0.3 is 14.4 Å². The normalized spacial score (nSPS) is 18.9. The van der Waals surface area contributed by atoms with E-state index in [4.69, 9.17) is 16.3 Å². The predicted octanol–water partition coefficient (Wildman–Crippen LogP) is 4.17. The Balaban J connectivity index is 1.35. The van der Waals surface area contributed by atoms with Gasteiger partial charge in [0.2, 0.25) is 0 Å². The van der Waals surface area contributed by atoms with Gasteiger partial charge in [-0.15, -0.1) is 11.3 Å². The number of aldehydes is 1. The predicted molar refractivity (Wildman–Crippen MR) is 127 cm³/mol. The molecule has 2 fully saturated rings. The molecule has 0 saturated carbocycles. The summed E-state index contributed by atoms with van der Waals surface area (Å²) in [6.45, 7) is 8.62. The summed E-state index contributed by atoms with van der Waals surface area (Å²) in [5.41, 5.74) is 2.32. The molecule has 1 aromatic heterocycles. The molecule has 0 N–H and O–H groups in total. The highest BCUT2D eigenvalue weighted by Crippen LogP contribution is 2.32. The maximum atomic E-state index is 13.0. The number of likely N-dealkylation sites (tertiary alicyclic amines) is 1. The van der Waals surface area contributed by atoms with Crippen molar-refractivity contribution in [3.63, 3.8) is 0 Å². The second-order valence-electron chi connectivity index (χ2n) is 9.06. The van der Waals surface area contributed by atoms with Crippen LogP contribution < -0.4 is 0 Å². The lowest BCUT2D eigenvalue weighted by molar-refractivity contribution is -0.128. The smallest absolute Gasteiger partial charge is 0.273 e. The summed E-state index contributed by atoms with van der Waals surface area (Å²) >= 11 is 7.75. The highest BCUT2D eigenvalue weighted by Gasteiger charge is 2.41. The molecule has 0 bridgehead atoms. The zero-order chi connectivity index (χ0) is 22.7. The van der Waals surface area contributed by atoms with Crippen LogP contribution in [-0.2, 0) is 22.5 Å². The van der Waals surface area contributed by atoms with E-state index in [1.54, 1.807) is 11.3 Å². The molecule has 2 aliphatic heterocycles. The number of nitrogens with zero attached hydrogens (tertiary/aromatic N) is 3. The fourth-order valence-corrected chi connectivity index (χ4v) is 5.49. The van der Waals surface area contributed by atoms with Crippen LogP contribution in [-0.4, -0.2) is 65.4 Å². The molecule has 1 amide bonds. The van der Waals surface area contributed by atoms with Gasteiger partial charge >= 0.3 is 0 Å². The monoisotopic (exact) mass is 475 g/mol. The summed E-state index contributed by atoms with van der Waals surface area (Å²) in [6, 6.07) is 5.92. The lowest BCUT2D eigenvalue weighted by Crippen LogP contribution is -2.58. The van der Waals surface area contributed by atoms with E-state index in [9.17, 15) is 9.59 Å². The molecule has 0 unspecified atom stereocenters. The second-order valence-corrected chi connectivity index (χ2v) is 10.4. The standard InChI is InChI=1S/C24H30ClN3O3S/c1-17(2)22-26-21(15-32-22)23(30)28-10-12-31-24(16-28)6-8-27(9-7-24)14-18-3-4-20(25)19(13-18)5-11-29/h3-4,11,13,15,17H,5-10,12,14,16H2,1-2H3. The number of halogens is 1. The topological polar surface area (TPSA) is 62.7 Å². The minimum absolute atomic E-state index is 0.0159. The van der Waals surface area contributed by atoms with E-state index in [-0.39, 0.29) is 11.5 Å². The van der Waals surface area contributed by atoms with Gasteiger partial charge in [0, 0.05) is 48.9 Å². The molecule has 0 radical (unpaired) electrons. The number of benzene rings is 1. The van der Waals surface area contributed by atoms with Gasteiger partial charge in [-0.2, -0.15) is 0 Å². The maximum absolute atomic E-state index is 13.0. The molecule has 32 heavy (non-hydrogen) atoms. The first-order valence-electron chi connectivity index (χ1n) is 11.2. The Kier molecular flexibility index (Phi) is 7.30. The Bertz CT molecular complexity index is 969. The summed E-state index contributed by atoms with van der Waals surface area (Å²) in [4.78, 5) is 32.8. The van der Waals surface area contributed by atoms with Crippen molar-refractivity contribution in [2.75, 3.05) is 32.8 Å². The van der Waals surface area contributed by atoms with Crippen molar-refractivity contribution in [3.8, 4) is 0 Å². The average molecular weight is 476 g/mol. The van der Waals surface area contributed by atoms with Gasteiger partial charge in [-0.3, -0.25) is 9.69 Å². The van der Waals surface area contributed by atoms with Gasteiger partial charge in [0.25, 0.3) is 5.91 Å². The minimum Gasteiger partial charge on any atom is -0.371 e. The second kappa shape index (κ2) is 10.00. The van der Waals surface area contributed by atoms with Crippen LogP contribution in [0.3, 0.4) is 0 Å². The Labute approximate surface area is 198 Å². The third-order valence-corrected chi connectivity index (χ3v) is 7.87. The first-order valence-corrected chi connectivity index (χ1v) is 12.5. The van der Waals surface area contributed by atoms with E-state index < -0.39 is 0 Å². The van der Waals surface area contributed by atoms with Crippen LogP contribution in [0.4, 0.5) is 0 Å². The first-order chi connectivity index (χ1) is 15.4. The Morgan fingerprint density at radius 2 is 2.09 bits per heavy atom. The van der Waals surface area contributed by atoms with Crippen LogP contribution in [0, 0.1) is 0 Å². The van der Waals surface area contributed by atoms with Crippen molar-refractivity contribution in [1.82, 2.24) is 14.8 Å². The minimum atomic E-state index is -0.274. The molecular weight excluding hydrogens is 446 g/mol. The molecule has 2 aromatic rings. The van der Waals surface area contributed by atoms with Gasteiger partial charge in [0.05, 0.1) is 23.8 Å². The van der Waals surface area contributed by atoms with Crippen molar-refractivity contribution in [1.29, 1.82) is 0 Å². The number of hydrogen-bond acceptors (Lipinski definition) is 6. The van der Waals surface area contributed by atoms with Gasteiger partial charge in [0.1, 0.15) is 12.0 Å². The number of morpholine rings is 1. The quantitative estimate of drug-likeness (QED) is 0.587. The number of aromatic nitrogens is 1. The largest absolute Gasteiger partial charge is 0.371 e. The van der Waals surface area contributed by atoms with Crippen molar-refractivity contribution in [2.45, 2.75) is 51.2 Å². The van der Waals surface area contributed by atoms with E-state index in [1.807, 2.05) is 28.5 Å². The number of carbonyl (C=O) groups excluding carboxylic acids is 2. The summed E-state index contributed by atoms with van der Waals surface area (Å²) in [5.74, 6) is 0.346. The van der Waals surface area contributed by atoms with Crippen LogP contribution >= 0.6 is 22.9 Å². The SMILES string of the molecule is CC(C)c1nc(C(=O)N2CCOC3(CCN(Cc4ccc(Cl)c(CC=O)c4)CC3)C2)cs1. The van der Waals surface area contributed by atoms with Crippen molar-refractivity contribution in [2.24, 2.45) is 0 Å². The Hall–Kier alpha value is -1.80. The summed E-state index contributed by atoms with van der Waals surface area (Å²) in [5, 5.41) is 3.52. The molecule has 6 nitrogen and oxygen atoms in total. The summed E-state index contributed by atoms with van der Waals surface area (Å²) in [7, 11) is 0. The lowest BCUT2D eigenvalue weighted by atomic mass is 9.89. The highest BCUT2D eigenvalue weighted by molar-refractivity contribution is 7.09. The third kappa shape index (κ3) is 5.22. The number of ether oxygens (including phenoxy) is 1. The molecule has 1 spiro atoms. The van der Waals surface area contributed by atoms with Crippen LogP contribution in [0.2, 0.25) is 5.02 Å². The van der Waals surface area contributed by atoms with Gasteiger partial charge in [0.15, 0.2) is 0 Å². The molecule has 1 aromatic carbocycles. The Morgan fingerprint density at radius 1 is 1.31 bits per heavy atom. The lowest BCUT2D eigenvalue weighted by Gasteiger charge is -2.47. The van der Waals surface area contributed by atoms with Gasteiger partial charge in [-0.05, 0) is 30.0 Å². The molecule has 8 heteroatoms. The third-order valence-electron chi connectivity index (χ3n) is 6.36. The van der Waals surface area contributed by atoms with Crippen molar-refractivity contribution < 1.29 is 14.3 Å². The molecular formula is C24H30ClN3O3S. The molecule has 0 atom stereocenters. The molecule has 2 aliphatic rings. The van der Waals surface area contributed by atoms with E-state index in [0.717, 1.165) is 54.9 Å². The van der Waals surface area contributed by atoms with Crippen molar-refractivity contribution in [3.05, 3.63) is 50.4 Å². The maximum Gasteiger partial charge on any atom is 0.273 e. The van der Waals surface area contributed by atoms with E-state index >= 15 is 0 Å². The van der Waals surface area contributed by atoms with E-state index in [2.05, 4.69) is 23.7 Å². The van der Waals surface area contributed by atoms with Crippen LogP contribution in [0.5, 0.6) is 0 Å². The highest BCUT2D eigenvalue weighted by atomic mass is 35.5. The number of piperidine rings is 1. The number of carbonyl (C=O) groups is 2. The number of amides is 1. The zero-order valence-corrected chi connectivity index (χ0v) is 20.3. The molecule has 4 rings (SSSR count). The molecule has 2 saturated heterocycles. The fraction of sp³-hybridized carbons (Fsp3) is 0.542. The fourth-order valence-electron chi connectivity index (χ4n) is 4.48. The van der Waals surface area contributed by atoms with E-state index in [1.165, 1.54) is 0 Å². The first kappa shape index (κ1) is 23.4. The van der Waals surface area contributed by atoms with Crippen LogP contribution in [0.1, 0.15) is 59.2 Å². The van der Waals surface area contributed by atoms with Crippen molar-refractivity contribution >= 4 is 35.1 Å². The average Bonchev–Trinajstić information content (AvgIpc) is 3.28. The number of thiazole rings is 1. The summed E-state index contributed by atoms with van der Waals surface area (Å²) < 4.78 is 6.24. The number of rotatable bonds is 6. The van der Waals surface area contributed by atoms with Gasteiger partial charge in [-0.25, -0.2) is 4.98 Å². The molecule has 172 valence electrons. The van der Waals surface area contributed by atoms with Crippen LogP contribution in [0.25, 0.3) is 0 Å². The number of hydrogen-bond donors (Lipinski definition) is 0. The van der Waals surface area contributed by atoms with Crippen LogP contribution in [0.15, 0.2) is 23.6 Å². The molecule has 3 heterocycles. The Morgan fingerprint density at radius 3 is 2.78 bits per heavy atom. The molecule has 0 aliphatic carbocycles. The van der Waals surface area contributed by atoms with Gasteiger partial charge in [-0.1, -0.05) is 37.6 Å².